The molecule has 0 aliphatic carbocycles. The summed E-state index contributed by atoms with van der Waals surface area (Å²) in [6, 6.07) is 0. The van der Waals surface area contributed by atoms with Gasteiger partial charge in [0, 0.05) is 38.8 Å². The maximum atomic E-state index is 12.5. The lowest BCUT2D eigenvalue weighted by molar-refractivity contribution is -0.132. The standard InChI is InChI=1S/C14H20FN3O/c1-2-3-7-14(16-17-14)8-4-13(19)18-9-5-12(11-15)6-10-18/h1,12H,3-11H2. The summed E-state index contributed by atoms with van der Waals surface area (Å²) in [6.45, 7) is 1.09. The molecule has 0 atom stereocenters. The largest absolute Gasteiger partial charge is 0.343 e. The second-order valence-electron chi connectivity index (χ2n) is 5.37. The van der Waals surface area contributed by atoms with Gasteiger partial charge in [-0.1, -0.05) is 0 Å². The van der Waals surface area contributed by atoms with Gasteiger partial charge in [-0.2, -0.15) is 10.2 Å². The summed E-state index contributed by atoms with van der Waals surface area (Å²) in [4.78, 5) is 13.9. The van der Waals surface area contributed by atoms with Crippen LogP contribution in [0.25, 0.3) is 0 Å². The number of hydrogen-bond acceptors (Lipinski definition) is 3. The third kappa shape index (κ3) is 3.76. The van der Waals surface area contributed by atoms with E-state index in [0.29, 0.717) is 32.4 Å². The highest BCUT2D eigenvalue weighted by Crippen LogP contribution is 2.37. The average molecular weight is 265 g/mol. The van der Waals surface area contributed by atoms with Gasteiger partial charge in [0.15, 0.2) is 5.66 Å². The zero-order valence-electron chi connectivity index (χ0n) is 11.1. The summed E-state index contributed by atoms with van der Waals surface area (Å²) in [5, 5.41) is 8.05. The number of hydrogen-bond donors (Lipinski definition) is 0. The SMILES string of the molecule is C#CCCC1(CCC(=O)N2CCC(CF)CC2)N=N1. The predicted molar refractivity (Wildman–Crippen MR) is 70.2 cm³/mol. The van der Waals surface area contributed by atoms with Crippen LogP contribution in [0.5, 0.6) is 0 Å². The molecule has 2 aliphatic heterocycles. The molecule has 1 amide bonds. The van der Waals surface area contributed by atoms with Gasteiger partial charge in [0.05, 0.1) is 6.67 Å². The Bertz CT molecular complexity index is 388. The van der Waals surface area contributed by atoms with Crippen LogP contribution in [0.4, 0.5) is 4.39 Å². The molecule has 0 N–H and O–H groups in total. The van der Waals surface area contributed by atoms with Crippen molar-refractivity contribution >= 4 is 5.91 Å². The van der Waals surface area contributed by atoms with E-state index in [1.807, 2.05) is 4.90 Å². The Kier molecular flexibility index (Phi) is 4.52. The Morgan fingerprint density at radius 1 is 1.37 bits per heavy atom. The molecule has 0 spiro atoms. The van der Waals surface area contributed by atoms with Gasteiger partial charge in [-0.05, 0) is 18.8 Å². The average Bonchev–Trinajstić information content (AvgIpc) is 3.23. The minimum Gasteiger partial charge on any atom is -0.343 e. The zero-order valence-corrected chi connectivity index (χ0v) is 11.1. The molecule has 2 heterocycles. The van der Waals surface area contributed by atoms with Crippen LogP contribution in [-0.2, 0) is 4.79 Å². The minimum absolute atomic E-state index is 0.134. The number of likely N-dealkylation sites (tertiary alicyclic amines) is 1. The van der Waals surface area contributed by atoms with Crippen molar-refractivity contribution in [2.75, 3.05) is 19.8 Å². The first kappa shape index (κ1) is 14.0. The zero-order chi connectivity index (χ0) is 13.7. The fourth-order valence-electron chi connectivity index (χ4n) is 2.47. The summed E-state index contributed by atoms with van der Waals surface area (Å²) in [5.74, 6) is 2.85. The monoisotopic (exact) mass is 265 g/mol. The predicted octanol–water partition coefficient (Wildman–Crippen LogP) is 2.55. The van der Waals surface area contributed by atoms with Crippen LogP contribution in [0.2, 0.25) is 0 Å². The van der Waals surface area contributed by atoms with E-state index in [2.05, 4.69) is 16.1 Å². The van der Waals surface area contributed by atoms with Crippen molar-refractivity contribution in [3.05, 3.63) is 0 Å². The molecule has 4 nitrogen and oxygen atoms in total. The van der Waals surface area contributed by atoms with Crippen molar-refractivity contribution in [3.63, 3.8) is 0 Å². The normalized spacial score (nSPS) is 21.2. The van der Waals surface area contributed by atoms with Crippen LogP contribution >= 0.6 is 0 Å². The van der Waals surface area contributed by atoms with E-state index >= 15 is 0 Å². The van der Waals surface area contributed by atoms with Gasteiger partial charge in [0.2, 0.25) is 5.91 Å². The van der Waals surface area contributed by atoms with Gasteiger partial charge in [0.1, 0.15) is 0 Å². The van der Waals surface area contributed by atoms with E-state index in [4.69, 9.17) is 6.42 Å². The second-order valence-corrected chi connectivity index (χ2v) is 5.37. The number of rotatable bonds is 6. The molecule has 1 fully saturated rings. The van der Waals surface area contributed by atoms with E-state index in [1.54, 1.807) is 0 Å². The first-order valence-corrected chi connectivity index (χ1v) is 6.90. The number of terminal acetylenes is 1. The van der Waals surface area contributed by atoms with Crippen molar-refractivity contribution in [2.24, 2.45) is 16.1 Å². The molecule has 0 saturated carbocycles. The lowest BCUT2D eigenvalue weighted by atomic mass is 9.97. The molecule has 0 aromatic carbocycles. The maximum absolute atomic E-state index is 12.5. The van der Waals surface area contributed by atoms with E-state index in [-0.39, 0.29) is 24.2 Å². The fraction of sp³-hybridized carbons (Fsp3) is 0.786. The lowest BCUT2D eigenvalue weighted by Gasteiger charge is -2.31. The van der Waals surface area contributed by atoms with Gasteiger partial charge in [-0.15, -0.1) is 12.3 Å². The van der Waals surface area contributed by atoms with Gasteiger partial charge in [0.25, 0.3) is 0 Å². The molecule has 5 heteroatoms. The summed E-state index contributed by atoms with van der Waals surface area (Å²) >= 11 is 0. The number of alkyl halides is 1. The molecular weight excluding hydrogens is 245 g/mol. The number of nitrogens with zero attached hydrogens (tertiary/aromatic N) is 3. The van der Waals surface area contributed by atoms with E-state index < -0.39 is 0 Å². The van der Waals surface area contributed by atoms with E-state index in [1.165, 1.54) is 0 Å². The Balaban J connectivity index is 1.69. The van der Waals surface area contributed by atoms with Crippen molar-refractivity contribution in [1.29, 1.82) is 0 Å². The van der Waals surface area contributed by atoms with Crippen LogP contribution in [0.15, 0.2) is 10.2 Å². The molecule has 0 aromatic rings. The molecule has 0 bridgehead atoms. The second kappa shape index (κ2) is 6.14. The summed E-state index contributed by atoms with van der Waals surface area (Å²) in [7, 11) is 0. The molecule has 0 unspecified atom stereocenters. The molecule has 0 radical (unpaired) electrons. The third-order valence-electron chi connectivity index (χ3n) is 3.98. The Morgan fingerprint density at radius 3 is 2.58 bits per heavy atom. The molecule has 1 saturated heterocycles. The van der Waals surface area contributed by atoms with Crippen LogP contribution in [0.1, 0.15) is 38.5 Å². The quantitative estimate of drug-likeness (QED) is 0.681. The number of halogens is 1. The van der Waals surface area contributed by atoms with Crippen molar-refractivity contribution < 1.29 is 9.18 Å². The maximum Gasteiger partial charge on any atom is 0.222 e. The highest BCUT2D eigenvalue weighted by molar-refractivity contribution is 5.76. The Labute approximate surface area is 113 Å². The van der Waals surface area contributed by atoms with Gasteiger partial charge in [-0.25, -0.2) is 0 Å². The summed E-state index contributed by atoms with van der Waals surface area (Å²) in [5.41, 5.74) is -0.376. The lowest BCUT2D eigenvalue weighted by Crippen LogP contribution is -2.39. The van der Waals surface area contributed by atoms with Crippen LogP contribution < -0.4 is 0 Å². The molecule has 19 heavy (non-hydrogen) atoms. The number of carbonyl (C=O) groups excluding carboxylic acids is 1. The number of amides is 1. The van der Waals surface area contributed by atoms with Crippen molar-refractivity contribution in [1.82, 2.24) is 4.90 Å². The van der Waals surface area contributed by atoms with Gasteiger partial charge in [-0.3, -0.25) is 9.18 Å². The van der Waals surface area contributed by atoms with Crippen LogP contribution in [-0.4, -0.2) is 36.2 Å². The number of piperidine rings is 1. The Morgan fingerprint density at radius 2 is 2.05 bits per heavy atom. The first-order valence-electron chi connectivity index (χ1n) is 6.90. The summed E-state index contributed by atoms with van der Waals surface area (Å²) < 4.78 is 12.5. The van der Waals surface area contributed by atoms with Gasteiger partial charge < -0.3 is 4.90 Å². The van der Waals surface area contributed by atoms with Crippen LogP contribution in [0, 0.1) is 18.3 Å². The minimum atomic E-state index is -0.376. The highest BCUT2D eigenvalue weighted by Gasteiger charge is 2.39. The molecule has 2 aliphatic rings. The molecule has 104 valence electrons. The van der Waals surface area contributed by atoms with Crippen molar-refractivity contribution in [3.8, 4) is 12.3 Å². The topological polar surface area (TPSA) is 45.0 Å². The van der Waals surface area contributed by atoms with E-state index in [0.717, 1.165) is 19.3 Å². The highest BCUT2D eigenvalue weighted by atomic mass is 19.1. The number of carbonyl (C=O) groups is 1. The molecule has 2 rings (SSSR count). The smallest absolute Gasteiger partial charge is 0.222 e. The molecular formula is C14H20FN3O. The molecule has 0 aromatic heterocycles. The summed E-state index contributed by atoms with van der Waals surface area (Å²) in [6.07, 6.45) is 9.26. The third-order valence-corrected chi connectivity index (χ3v) is 3.98. The first-order chi connectivity index (χ1) is 9.19. The van der Waals surface area contributed by atoms with Crippen molar-refractivity contribution in [2.45, 2.75) is 44.2 Å². The van der Waals surface area contributed by atoms with Gasteiger partial charge >= 0.3 is 0 Å². The fourth-order valence-corrected chi connectivity index (χ4v) is 2.47. The van der Waals surface area contributed by atoms with Crippen LogP contribution in [0.3, 0.4) is 0 Å². The van der Waals surface area contributed by atoms with E-state index in [9.17, 15) is 9.18 Å². The Hall–Kier alpha value is -1.44.